The number of nitrogens with one attached hydrogen (secondary N) is 2. The number of nitrogens with zero attached hydrogens (tertiary/aromatic N) is 1. The van der Waals surface area contributed by atoms with Crippen LogP contribution in [0.4, 0.5) is 0 Å². The van der Waals surface area contributed by atoms with Gasteiger partial charge in [0.1, 0.15) is 0 Å². The SMILES string of the molecule is CNS(=O)(=O)CC1CCCN1CC1CCNCC1. The van der Waals surface area contributed by atoms with Gasteiger partial charge in [-0.2, -0.15) is 0 Å². The number of hydrogen-bond donors (Lipinski definition) is 2. The maximum absolute atomic E-state index is 11.6. The number of likely N-dealkylation sites (tertiary alicyclic amines) is 1. The Morgan fingerprint density at radius 1 is 1.28 bits per heavy atom. The summed E-state index contributed by atoms with van der Waals surface area (Å²) in [6.45, 7) is 4.36. The molecule has 0 radical (unpaired) electrons. The third-order valence-electron chi connectivity index (χ3n) is 4.17. The van der Waals surface area contributed by atoms with Crippen molar-refractivity contribution < 1.29 is 8.42 Å². The van der Waals surface area contributed by atoms with E-state index in [-0.39, 0.29) is 11.8 Å². The summed E-state index contributed by atoms with van der Waals surface area (Å²) in [7, 11) is -1.58. The van der Waals surface area contributed by atoms with Gasteiger partial charge in [-0.25, -0.2) is 13.1 Å². The van der Waals surface area contributed by atoms with Crippen LogP contribution in [0.5, 0.6) is 0 Å². The van der Waals surface area contributed by atoms with Gasteiger partial charge in [-0.3, -0.25) is 4.90 Å². The van der Waals surface area contributed by atoms with Crippen LogP contribution in [0.3, 0.4) is 0 Å². The molecule has 0 saturated carbocycles. The maximum Gasteiger partial charge on any atom is 0.212 e. The molecule has 18 heavy (non-hydrogen) atoms. The predicted octanol–water partition coefficient (Wildman–Crippen LogP) is -0.000400. The van der Waals surface area contributed by atoms with Crippen molar-refractivity contribution in [1.82, 2.24) is 14.9 Å². The minimum absolute atomic E-state index is 0.220. The van der Waals surface area contributed by atoms with Crippen molar-refractivity contribution in [2.45, 2.75) is 31.7 Å². The molecule has 2 aliphatic heterocycles. The fourth-order valence-electron chi connectivity index (χ4n) is 3.06. The van der Waals surface area contributed by atoms with E-state index < -0.39 is 10.0 Å². The van der Waals surface area contributed by atoms with Crippen LogP contribution < -0.4 is 10.0 Å². The van der Waals surface area contributed by atoms with Crippen LogP contribution in [0.1, 0.15) is 25.7 Å². The zero-order chi connectivity index (χ0) is 13.0. The van der Waals surface area contributed by atoms with Crippen LogP contribution in [0.2, 0.25) is 0 Å². The summed E-state index contributed by atoms with van der Waals surface area (Å²) in [4.78, 5) is 2.39. The zero-order valence-electron chi connectivity index (χ0n) is 11.2. The summed E-state index contributed by atoms with van der Waals surface area (Å²) in [5, 5.41) is 3.37. The van der Waals surface area contributed by atoms with E-state index in [0.29, 0.717) is 0 Å². The second-order valence-electron chi connectivity index (χ2n) is 5.47. The third-order valence-corrected chi connectivity index (χ3v) is 5.62. The lowest BCUT2D eigenvalue weighted by atomic mass is 9.97. The van der Waals surface area contributed by atoms with Crippen LogP contribution in [0.15, 0.2) is 0 Å². The highest BCUT2D eigenvalue weighted by Crippen LogP contribution is 2.22. The van der Waals surface area contributed by atoms with Crippen LogP contribution in [-0.2, 0) is 10.0 Å². The highest BCUT2D eigenvalue weighted by Gasteiger charge is 2.30. The normalized spacial score (nSPS) is 27.7. The van der Waals surface area contributed by atoms with Crippen molar-refractivity contribution in [3.05, 3.63) is 0 Å². The molecule has 0 aromatic carbocycles. The minimum Gasteiger partial charge on any atom is -0.317 e. The minimum atomic E-state index is -3.08. The predicted molar refractivity (Wildman–Crippen MR) is 73.0 cm³/mol. The molecule has 2 heterocycles. The Kier molecular flexibility index (Phi) is 5.00. The molecule has 1 atom stereocenters. The highest BCUT2D eigenvalue weighted by molar-refractivity contribution is 7.89. The van der Waals surface area contributed by atoms with E-state index in [2.05, 4.69) is 14.9 Å². The molecule has 0 aromatic heterocycles. The van der Waals surface area contributed by atoms with Crippen LogP contribution in [-0.4, -0.2) is 58.3 Å². The number of piperidine rings is 1. The van der Waals surface area contributed by atoms with E-state index in [1.54, 1.807) is 0 Å². The second kappa shape index (κ2) is 6.32. The topological polar surface area (TPSA) is 61.4 Å². The smallest absolute Gasteiger partial charge is 0.212 e. The Hall–Kier alpha value is -0.170. The average molecular weight is 275 g/mol. The first-order valence-corrected chi connectivity index (χ1v) is 8.62. The number of rotatable bonds is 5. The van der Waals surface area contributed by atoms with E-state index in [1.807, 2.05) is 0 Å². The monoisotopic (exact) mass is 275 g/mol. The Balaban J connectivity index is 1.87. The van der Waals surface area contributed by atoms with Crippen molar-refractivity contribution in [1.29, 1.82) is 0 Å². The lowest BCUT2D eigenvalue weighted by Crippen LogP contribution is -2.42. The Morgan fingerprint density at radius 2 is 2.00 bits per heavy atom. The van der Waals surface area contributed by atoms with Crippen molar-refractivity contribution >= 4 is 10.0 Å². The van der Waals surface area contributed by atoms with Gasteiger partial charge in [0.05, 0.1) is 5.75 Å². The summed E-state index contributed by atoms with van der Waals surface area (Å²) in [5.41, 5.74) is 0. The van der Waals surface area contributed by atoms with E-state index in [9.17, 15) is 8.42 Å². The van der Waals surface area contributed by atoms with Crippen LogP contribution >= 0.6 is 0 Å². The van der Waals surface area contributed by atoms with E-state index >= 15 is 0 Å². The maximum atomic E-state index is 11.6. The van der Waals surface area contributed by atoms with Gasteiger partial charge < -0.3 is 5.32 Å². The number of hydrogen-bond acceptors (Lipinski definition) is 4. The molecule has 2 fully saturated rings. The molecule has 0 amide bonds. The Bertz CT molecular complexity index is 352. The first-order chi connectivity index (χ1) is 8.61. The van der Waals surface area contributed by atoms with Crippen molar-refractivity contribution in [3.63, 3.8) is 0 Å². The third kappa shape index (κ3) is 3.91. The first-order valence-electron chi connectivity index (χ1n) is 6.97. The lowest BCUT2D eigenvalue weighted by Gasteiger charge is -2.31. The summed E-state index contributed by atoms with van der Waals surface area (Å²) >= 11 is 0. The van der Waals surface area contributed by atoms with Crippen molar-refractivity contribution in [2.24, 2.45) is 5.92 Å². The lowest BCUT2D eigenvalue weighted by molar-refractivity contribution is 0.202. The van der Waals surface area contributed by atoms with Gasteiger partial charge in [0, 0.05) is 12.6 Å². The Labute approximate surface area is 110 Å². The van der Waals surface area contributed by atoms with Gasteiger partial charge in [0.15, 0.2) is 0 Å². The molecule has 0 aromatic rings. The molecule has 0 bridgehead atoms. The van der Waals surface area contributed by atoms with Crippen LogP contribution in [0.25, 0.3) is 0 Å². The summed E-state index contributed by atoms with van der Waals surface area (Å²) in [5.74, 6) is 0.998. The number of sulfonamides is 1. The van der Waals surface area contributed by atoms with Gasteiger partial charge in [0.25, 0.3) is 0 Å². The zero-order valence-corrected chi connectivity index (χ0v) is 12.0. The molecule has 0 aliphatic carbocycles. The van der Waals surface area contributed by atoms with Gasteiger partial charge in [0.2, 0.25) is 10.0 Å². The molecule has 5 nitrogen and oxygen atoms in total. The fourth-order valence-corrected chi connectivity index (χ4v) is 4.11. The second-order valence-corrected chi connectivity index (χ2v) is 7.44. The molecule has 2 N–H and O–H groups in total. The molecule has 2 saturated heterocycles. The molecule has 6 heteroatoms. The largest absolute Gasteiger partial charge is 0.317 e. The molecule has 2 rings (SSSR count). The summed E-state index contributed by atoms with van der Waals surface area (Å²) < 4.78 is 25.7. The van der Waals surface area contributed by atoms with Crippen LogP contribution in [0, 0.1) is 5.92 Å². The fraction of sp³-hybridized carbons (Fsp3) is 1.00. The highest BCUT2D eigenvalue weighted by atomic mass is 32.2. The van der Waals surface area contributed by atoms with Crippen molar-refractivity contribution in [2.75, 3.05) is 39.0 Å². The van der Waals surface area contributed by atoms with Gasteiger partial charge in [-0.15, -0.1) is 0 Å². The van der Waals surface area contributed by atoms with E-state index in [1.165, 1.54) is 19.9 Å². The summed E-state index contributed by atoms with van der Waals surface area (Å²) in [6.07, 6.45) is 4.60. The van der Waals surface area contributed by atoms with E-state index in [0.717, 1.165) is 44.9 Å². The molecule has 1 unspecified atom stereocenters. The molecule has 2 aliphatic rings. The average Bonchev–Trinajstić information content (AvgIpc) is 2.77. The van der Waals surface area contributed by atoms with Gasteiger partial charge in [-0.1, -0.05) is 0 Å². The summed E-state index contributed by atoms with van der Waals surface area (Å²) in [6, 6.07) is 0.220. The van der Waals surface area contributed by atoms with Gasteiger partial charge in [-0.05, 0) is 58.3 Å². The molecule has 106 valence electrons. The standard InChI is InChI=1S/C12H25N3O2S/c1-13-18(16,17)10-12-3-2-8-15(12)9-11-4-6-14-7-5-11/h11-14H,2-10H2,1H3. The van der Waals surface area contributed by atoms with Gasteiger partial charge >= 0.3 is 0 Å². The first kappa shape index (κ1) is 14.2. The molecular weight excluding hydrogens is 250 g/mol. The van der Waals surface area contributed by atoms with E-state index in [4.69, 9.17) is 0 Å². The van der Waals surface area contributed by atoms with Crippen molar-refractivity contribution in [3.8, 4) is 0 Å². The quantitative estimate of drug-likeness (QED) is 0.741. The molecule has 0 spiro atoms. The molecular formula is C12H25N3O2S. The Morgan fingerprint density at radius 3 is 2.67 bits per heavy atom.